The molecule has 0 radical (unpaired) electrons. The van der Waals surface area contributed by atoms with E-state index < -0.39 is 0 Å². The smallest absolute Gasteiger partial charge is 0.250 e. The summed E-state index contributed by atoms with van der Waals surface area (Å²) in [4.78, 5) is 15.8. The van der Waals surface area contributed by atoms with Crippen molar-refractivity contribution in [3.63, 3.8) is 0 Å². The van der Waals surface area contributed by atoms with Gasteiger partial charge in [0.15, 0.2) is 0 Å². The normalized spacial score (nSPS) is 10.6. The fourth-order valence-corrected chi connectivity index (χ4v) is 1.83. The second-order valence-electron chi connectivity index (χ2n) is 3.69. The van der Waals surface area contributed by atoms with E-state index >= 15 is 0 Å². The van der Waals surface area contributed by atoms with Gasteiger partial charge in [-0.25, -0.2) is 0 Å². The first-order chi connectivity index (χ1) is 8.72. The van der Waals surface area contributed by atoms with Crippen LogP contribution in [0.25, 0.3) is 10.9 Å². The van der Waals surface area contributed by atoms with E-state index in [9.17, 15) is 4.79 Å². The van der Waals surface area contributed by atoms with E-state index in [4.69, 9.17) is 16.3 Å². The van der Waals surface area contributed by atoms with Crippen molar-refractivity contribution in [2.45, 2.75) is 6.92 Å². The van der Waals surface area contributed by atoms with Crippen LogP contribution in [-0.4, -0.2) is 24.1 Å². The Labute approximate surface area is 110 Å². The number of halogens is 1. The molecule has 0 aliphatic rings. The van der Waals surface area contributed by atoms with Gasteiger partial charge in [-0.2, -0.15) is 0 Å². The second-order valence-corrected chi connectivity index (χ2v) is 4.07. The van der Waals surface area contributed by atoms with E-state index in [1.165, 1.54) is 0 Å². The van der Waals surface area contributed by atoms with Crippen LogP contribution < -0.4 is 5.32 Å². The van der Waals surface area contributed by atoms with Crippen LogP contribution in [0.2, 0.25) is 5.02 Å². The molecule has 0 atom stereocenters. The number of nitrogens with one attached hydrogen (secondary N) is 1. The van der Waals surface area contributed by atoms with Crippen LogP contribution in [0, 0.1) is 0 Å². The molecule has 0 fully saturated rings. The zero-order valence-electron chi connectivity index (χ0n) is 9.94. The highest BCUT2D eigenvalue weighted by Gasteiger charge is 2.09. The van der Waals surface area contributed by atoms with Crippen molar-refractivity contribution in [2.24, 2.45) is 0 Å². The predicted octanol–water partition coefficient (Wildman–Crippen LogP) is 2.86. The van der Waals surface area contributed by atoms with Crippen LogP contribution in [0.5, 0.6) is 0 Å². The number of carbonyl (C=O) groups excluding carboxylic acids is 1. The second kappa shape index (κ2) is 5.80. The summed E-state index contributed by atoms with van der Waals surface area (Å²) in [6.07, 6.45) is 1.55. The van der Waals surface area contributed by atoms with E-state index in [1.54, 1.807) is 6.20 Å². The van der Waals surface area contributed by atoms with Crippen molar-refractivity contribution in [3.05, 3.63) is 35.5 Å². The lowest BCUT2D eigenvalue weighted by Crippen LogP contribution is -2.18. The number of benzene rings is 1. The standard InChI is InChI=1S/C13H13ClN2O2/c1-2-18-8-12(17)16-11-7-15-10-6-4-3-5-9(10)13(11)14/h3-7H,2,8H2,1H3,(H,16,17). The van der Waals surface area contributed by atoms with Crippen LogP contribution in [0.4, 0.5) is 5.69 Å². The predicted molar refractivity (Wildman–Crippen MR) is 71.9 cm³/mol. The minimum absolute atomic E-state index is 0.0135. The molecule has 0 aliphatic heterocycles. The SMILES string of the molecule is CCOCC(=O)Nc1cnc2ccccc2c1Cl. The van der Waals surface area contributed by atoms with Gasteiger partial charge in [0.1, 0.15) is 6.61 Å². The molecule has 0 aliphatic carbocycles. The molecule has 2 rings (SSSR count). The maximum atomic E-state index is 11.5. The number of hydrogen-bond donors (Lipinski definition) is 1. The largest absolute Gasteiger partial charge is 0.372 e. The monoisotopic (exact) mass is 264 g/mol. The Morgan fingerprint density at radius 2 is 2.22 bits per heavy atom. The molecule has 4 nitrogen and oxygen atoms in total. The quantitative estimate of drug-likeness (QED) is 0.924. The number of para-hydroxylation sites is 1. The van der Waals surface area contributed by atoms with Gasteiger partial charge in [0.25, 0.3) is 0 Å². The molecule has 1 aromatic heterocycles. The maximum absolute atomic E-state index is 11.5. The molecule has 18 heavy (non-hydrogen) atoms. The highest BCUT2D eigenvalue weighted by molar-refractivity contribution is 6.38. The van der Waals surface area contributed by atoms with Gasteiger partial charge in [-0.05, 0) is 13.0 Å². The van der Waals surface area contributed by atoms with Gasteiger partial charge in [-0.1, -0.05) is 29.8 Å². The molecule has 94 valence electrons. The topological polar surface area (TPSA) is 51.2 Å². The molecule has 0 unspecified atom stereocenters. The molecule has 0 spiro atoms. The molecule has 1 N–H and O–H groups in total. The highest BCUT2D eigenvalue weighted by atomic mass is 35.5. The van der Waals surface area contributed by atoms with Crippen molar-refractivity contribution in [2.75, 3.05) is 18.5 Å². The van der Waals surface area contributed by atoms with Gasteiger partial charge in [-0.3, -0.25) is 9.78 Å². The van der Waals surface area contributed by atoms with Crippen LogP contribution in [0.3, 0.4) is 0 Å². The van der Waals surface area contributed by atoms with Gasteiger partial charge >= 0.3 is 0 Å². The Hall–Kier alpha value is -1.65. The molecule has 1 amide bonds. The first-order valence-corrected chi connectivity index (χ1v) is 6.01. The van der Waals surface area contributed by atoms with Crippen LogP contribution in [0.15, 0.2) is 30.5 Å². The zero-order valence-corrected chi connectivity index (χ0v) is 10.7. The van der Waals surface area contributed by atoms with E-state index in [2.05, 4.69) is 10.3 Å². The Kier molecular flexibility index (Phi) is 4.12. The van der Waals surface area contributed by atoms with E-state index in [1.807, 2.05) is 31.2 Å². The van der Waals surface area contributed by atoms with Gasteiger partial charge in [0, 0.05) is 12.0 Å². The third kappa shape index (κ3) is 2.78. The molecule has 0 saturated heterocycles. The Morgan fingerprint density at radius 1 is 1.44 bits per heavy atom. The number of hydrogen-bond acceptors (Lipinski definition) is 3. The van der Waals surface area contributed by atoms with Gasteiger partial charge < -0.3 is 10.1 Å². The lowest BCUT2D eigenvalue weighted by atomic mass is 10.2. The van der Waals surface area contributed by atoms with Crippen LogP contribution in [0.1, 0.15) is 6.92 Å². The summed E-state index contributed by atoms with van der Waals surface area (Å²) in [5, 5.41) is 3.98. The summed E-state index contributed by atoms with van der Waals surface area (Å²) in [5.74, 6) is -0.240. The molecule has 2 aromatic rings. The summed E-state index contributed by atoms with van der Waals surface area (Å²) < 4.78 is 5.02. The lowest BCUT2D eigenvalue weighted by Gasteiger charge is -2.08. The molecular weight excluding hydrogens is 252 g/mol. The van der Waals surface area contributed by atoms with Crippen molar-refractivity contribution in [1.82, 2.24) is 4.98 Å². The molecule has 0 bridgehead atoms. The fraction of sp³-hybridized carbons (Fsp3) is 0.231. The van der Waals surface area contributed by atoms with Crippen molar-refractivity contribution >= 4 is 34.1 Å². The summed E-state index contributed by atoms with van der Waals surface area (Å²) in [6.45, 7) is 2.34. The van der Waals surface area contributed by atoms with Gasteiger partial charge in [0.05, 0.1) is 22.4 Å². The minimum atomic E-state index is -0.240. The van der Waals surface area contributed by atoms with Gasteiger partial charge in [0.2, 0.25) is 5.91 Å². The van der Waals surface area contributed by atoms with E-state index in [0.717, 1.165) is 10.9 Å². The lowest BCUT2D eigenvalue weighted by molar-refractivity contribution is -0.120. The first kappa shape index (κ1) is 12.8. The molecule has 0 saturated carbocycles. The number of rotatable bonds is 4. The molecule has 1 heterocycles. The number of pyridine rings is 1. The summed E-state index contributed by atoms with van der Waals surface area (Å²) in [7, 11) is 0. The van der Waals surface area contributed by atoms with E-state index in [0.29, 0.717) is 17.3 Å². The molecule has 1 aromatic carbocycles. The average Bonchev–Trinajstić information content (AvgIpc) is 2.40. The molecule has 5 heteroatoms. The van der Waals surface area contributed by atoms with Crippen LogP contribution >= 0.6 is 11.6 Å². The zero-order chi connectivity index (χ0) is 13.0. The van der Waals surface area contributed by atoms with Crippen LogP contribution in [-0.2, 0) is 9.53 Å². The number of ether oxygens (including phenoxy) is 1. The number of amides is 1. The Balaban J connectivity index is 2.24. The first-order valence-electron chi connectivity index (χ1n) is 5.63. The maximum Gasteiger partial charge on any atom is 0.250 e. The summed E-state index contributed by atoms with van der Waals surface area (Å²) in [5.41, 5.74) is 1.30. The number of anilines is 1. The Bertz CT molecular complexity index is 572. The number of nitrogens with zero attached hydrogens (tertiary/aromatic N) is 1. The average molecular weight is 265 g/mol. The fourth-order valence-electron chi connectivity index (χ4n) is 1.58. The summed E-state index contributed by atoms with van der Waals surface area (Å²) in [6, 6.07) is 7.50. The van der Waals surface area contributed by atoms with Crippen molar-refractivity contribution in [3.8, 4) is 0 Å². The Morgan fingerprint density at radius 3 is 3.00 bits per heavy atom. The molecular formula is C13H13ClN2O2. The van der Waals surface area contributed by atoms with E-state index in [-0.39, 0.29) is 12.5 Å². The number of fused-ring (bicyclic) bond motifs is 1. The van der Waals surface area contributed by atoms with Gasteiger partial charge in [-0.15, -0.1) is 0 Å². The summed E-state index contributed by atoms with van der Waals surface area (Å²) >= 11 is 6.22. The van der Waals surface area contributed by atoms with Crippen molar-refractivity contribution in [1.29, 1.82) is 0 Å². The third-order valence-corrected chi connectivity index (χ3v) is 2.83. The third-order valence-electron chi connectivity index (χ3n) is 2.42. The number of carbonyl (C=O) groups is 1. The highest BCUT2D eigenvalue weighted by Crippen LogP contribution is 2.28. The minimum Gasteiger partial charge on any atom is -0.372 e. The number of aromatic nitrogens is 1. The van der Waals surface area contributed by atoms with Crippen molar-refractivity contribution < 1.29 is 9.53 Å².